The minimum Gasteiger partial charge on any atom is -0.481 e. The molecule has 0 radical (unpaired) electrons. The molecule has 0 bridgehead atoms. The van der Waals surface area contributed by atoms with Crippen molar-refractivity contribution in [3.63, 3.8) is 0 Å². The van der Waals surface area contributed by atoms with Gasteiger partial charge in [-0.2, -0.15) is 0 Å². The van der Waals surface area contributed by atoms with Crippen LogP contribution in [0.2, 0.25) is 0 Å². The number of fused-ring (bicyclic) bond motifs is 1. The molecule has 21 heavy (non-hydrogen) atoms. The van der Waals surface area contributed by atoms with Crippen LogP contribution in [0.5, 0.6) is 0 Å². The van der Waals surface area contributed by atoms with E-state index in [1.807, 2.05) is 24.3 Å². The second-order valence-corrected chi connectivity index (χ2v) is 5.67. The molecule has 2 amide bonds. The maximum Gasteiger partial charge on any atom is 0.317 e. The van der Waals surface area contributed by atoms with Crippen LogP contribution in [0.4, 0.5) is 4.79 Å². The van der Waals surface area contributed by atoms with Gasteiger partial charge < -0.3 is 20.3 Å². The molecule has 6 nitrogen and oxygen atoms in total. The van der Waals surface area contributed by atoms with Gasteiger partial charge in [0.1, 0.15) is 0 Å². The first-order valence-corrected chi connectivity index (χ1v) is 7.23. The number of rotatable bonds is 5. The highest BCUT2D eigenvalue weighted by molar-refractivity contribution is 9.10. The number of halogens is 1. The van der Waals surface area contributed by atoms with Crippen LogP contribution in [0, 0.1) is 0 Å². The number of H-pyrrole nitrogens is 1. The number of urea groups is 1. The molecule has 0 unspecified atom stereocenters. The van der Waals surface area contributed by atoms with Crippen LogP contribution in [-0.2, 0) is 11.3 Å². The maximum atomic E-state index is 11.8. The Hall–Kier alpha value is -2.02. The van der Waals surface area contributed by atoms with Crippen LogP contribution in [-0.4, -0.2) is 40.6 Å². The van der Waals surface area contributed by atoms with Crippen molar-refractivity contribution in [2.75, 3.05) is 13.6 Å². The van der Waals surface area contributed by atoms with Gasteiger partial charge in [0.2, 0.25) is 0 Å². The lowest BCUT2D eigenvalue weighted by atomic mass is 10.2. The van der Waals surface area contributed by atoms with Gasteiger partial charge in [-0.3, -0.25) is 4.79 Å². The highest BCUT2D eigenvalue weighted by atomic mass is 79.9. The summed E-state index contributed by atoms with van der Waals surface area (Å²) < 4.78 is 0.998. The minimum absolute atomic E-state index is 0.0651. The molecular weight excluding hydrogens is 338 g/mol. The maximum absolute atomic E-state index is 11.8. The number of aliphatic carboxylic acids is 1. The zero-order chi connectivity index (χ0) is 15.4. The molecule has 3 N–H and O–H groups in total. The Morgan fingerprint density at radius 3 is 2.86 bits per heavy atom. The number of carbonyl (C=O) groups excluding carboxylic acids is 1. The standard InChI is InChI=1S/C14H16BrN3O3/c1-18(5-4-13(19)20)14(21)16-8-11-7-9-6-10(15)2-3-12(9)17-11/h2-3,6-7,17H,4-5,8H2,1H3,(H,16,21)(H,19,20). The van der Waals surface area contributed by atoms with Crippen molar-refractivity contribution in [1.82, 2.24) is 15.2 Å². The molecule has 112 valence electrons. The minimum atomic E-state index is -0.921. The van der Waals surface area contributed by atoms with Gasteiger partial charge in [-0.25, -0.2) is 4.79 Å². The molecule has 7 heteroatoms. The Kier molecular flexibility index (Phi) is 4.85. The molecule has 2 aromatic rings. The average Bonchev–Trinajstić information content (AvgIpc) is 2.83. The predicted molar refractivity (Wildman–Crippen MR) is 83.1 cm³/mol. The fraction of sp³-hybridized carbons (Fsp3) is 0.286. The summed E-state index contributed by atoms with van der Waals surface area (Å²) in [5.74, 6) is -0.921. The van der Waals surface area contributed by atoms with E-state index in [1.54, 1.807) is 7.05 Å². The summed E-state index contributed by atoms with van der Waals surface area (Å²) in [6, 6.07) is 7.58. The van der Waals surface area contributed by atoms with E-state index in [-0.39, 0.29) is 19.0 Å². The molecule has 0 fully saturated rings. The molecule has 1 aromatic heterocycles. The quantitative estimate of drug-likeness (QED) is 0.771. The molecule has 0 saturated heterocycles. The van der Waals surface area contributed by atoms with Crippen molar-refractivity contribution >= 4 is 38.8 Å². The number of carbonyl (C=O) groups is 2. The van der Waals surface area contributed by atoms with Crippen LogP contribution in [0.1, 0.15) is 12.1 Å². The van der Waals surface area contributed by atoms with Crippen molar-refractivity contribution in [3.8, 4) is 0 Å². The van der Waals surface area contributed by atoms with Gasteiger partial charge >= 0.3 is 12.0 Å². The summed E-state index contributed by atoms with van der Waals surface area (Å²) >= 11 is 3.41. The van der Waals surface area contributed by atoms with Gasteiger partial charge in [0, 0.05) is 34.7 Å². The van der Waals surface area contributed by atoms with Crippen LogP contribution in [0.15, 0.2) is 28.7 Å². The summed E-state index contributed by atoms with van der Waals surface area (Å²) in [6.07, 6.45) is -0.0651. The van der Waals surface area contributed by atoms with Crippen molar-refractivity contribution in [3.05, 3.63) is 34.4 Å². The molecule has 0 aliphatic rings. The van der Waals surface area contributed by atoms with Crippen LogP contribution >= 0.6 is 15.9 Å². The number of hydrogen-bond donors (Lipinski definition) is 3. The van der Waals surface area contributed by atoms with Gasteiger partial charge in [-0.15, -0.1) is 0 Å². The number of nitrogens with zero attached hydrogens (tertiary/aromatic N) is 1. The Bertz CT molecular complexity index is 669. The van der Waals surface area contributed by atoms with Crippen molar-refractivity contribution < 1.29 is 14.7 Å². The van der Waals surface area contributed by atoms with Crippen LogP contribution < -0.4 is 5.32 Å². The molecule has 2 rings (SSSR count). The van der Waals surface area contributed by atoms with Gasteiger partial charge in [0.25, 0.3) is 0 Å². The monoisotopic (exact) mass is 353 g/mol. The number of hydrogen-bond acceptors (Lipinski definition) is 2. The molecule has 0 aliphatic heterocycles. The highest BCUT2D eigenvalue weighted by Crippen LogP contribution is 2.20. The first-order chi connectivity index (χ1) is 9.95. The second kappa shape index (κ2) is 6.62. The molecule has 0 aliphatic carbocycles. The third-order valence-corrected chi connectivity index (χ3v) is 3.57. The number of benzene rings is 1. The molecular formula is C14H16BrN3O3. The van der Waals surface area contributed by atoms with Gasteiger partial charge in [0.05, 0.1) is 13.0 Å². The normalized spacial score (nSPS) is 10.6. The summed E-state index contributed by atoms with van der Waals surface area (Å²) in [4.78, 5) is 26.8. The van der Waals surface area contributed by atoms with E-state index in [1.165, 1.54) is 4.90 Å². The zero-order valence-corrected chi connectivity index (χ0v) is 13.1. The van der Waals surface area contributed by atoms with Crippen molar-refractivity contribution in [1.29, 1.82) is 0 Å². The van der Waals surface area contributed by atoms with Crippen molar-refractivity contribution in [2.45, 2.75) is 13.0 Å². The van der Waals surface area contributed by atoms with Gasteiger partial charge in [0.15, 0.2) is 0 Å². The number of nitrogens with one attached hydrogen (secondary N) is 2. The lowest BCUT2D eigenvalue weighted by Crippen LogP contribution is -2.38. The lowest BCUT2D eigenvalue weighted by Gasteiger charge is -2.16. The molecule has 0 spiro atoms. The van der Waals surface area contributed by atoms with E-state index in [2.05, 4.69) is 26.2 Å². The van der Waals surface area contributed by atoms with Crippen molar-refractivity contribution in [2.24, 2.45) is 0 Å². The fourth-order valence-corrected chi connectivity index (χ4v) is 2.31. The summed E-state index contributed by atoms with van der Waals surface area (Å²) in [7, 11) is 1.57. The Morgan fingerprint density at radius 1 is 1.38 bits per heavy atom. The molecule has 0 saturated carbocycles. The summed E-state index contributed by atoms with van der Waals surface area (Å²) in [5.41, 5.74) is 1.89. The number of carboxylic acid groups (broad SMARTS) is 1. The van der Waals surface area contributed by atoms with Crippen LogP contribution in [0.25, 0.3) is 10.9 Å². The number of aromatic nitrogens is 1. The predicted octanol–water partition coefficient (Wildman–Crippen LogP) is 2.55. The average molecular weight is 354 g/mol. The number of carboxylic acids is 1. The smallest absolute Gasteiger partial charge is 0.317 e. The van der Waals surface area contributed by atoms with E-state index in [0.717, 1.165) is 21.1 Å². The van der Waals surface area contributed by atoms with Gasteiger partial charge in [-0.05, 0) is 24.3 Å². The largest absolute Gasteiger partial charge is 0.481 e. The SMILES string of the molecule is CN(CCC(=O)O)C(=O)NCc1cc2cc(Br)ccc2[nH]1. The van der Waals surface area contributed by atoms with E-state index in [9.17, 15) is 9.59 Å². The topological polar surface area (TPSA) is 85.4 Å². The third-order valence-electron chi connectivity index (χ3n) is 3.08. The van der Waals surface area contributed by atoms with E-state index in [0.29, 0.717) is 6.54 Å². The molecule has 0 atom stereocenters. The van der Waals surface area contributed by atoms with Gasteiger partial charge in [-0.1, -0.05) is 15.9 Å². The highest BCUT2D eigenvalue weighted by Gasteiger charge is 2.10. The third kappa shape index (κ3) is 4.22. The number of aromatic amines is 1. The number of amides is 2. The Labute approximate surface area is 130 Å². The Morgan fingerprint density at radius 2 is 2.14 bits per heavy atom. The summed E-state index contributed by atoms with van der Waals surface area (Å²) in [6.45, 7) is 0.545. The van der Waals surface area contributed by atoms with E-state index in [4.69, 9.17) is 5.11 Å². The molecule has 1 aromatic carbocycles. The molecule has 1 heterocycles. The Balaban J connectivity index is 1.91. The first-order valence-electron chi connectivity index (χ1n) is 6.43. The summed E-state index contributed by atoms with van der Waals surface area (Å²) in [5, 5.41) is 12.4. The first kappa shape index (κ1) is 15.4. The second-order valence-electron chi connectivity index (χ2n) is 4.75. The van der Waals surface area contributed by atoms with E-state index >= 15 is 0 Å². The lowest BCUT2D eigenvalue weighted by molar-refractivity contribution is -0.137. The van der Waals surface area contributed by atoms with Crippen LogP contribution in [0.3, 0.4) is 0 Å². The fourth-order valence-electron chi connectivity index (χ4n) is 1.93. The van der Waals surface area contributed by atoms with E-state index < -0.39 is 5.97 Å². The zero-order valence-electron chi connectivity index (χ0n) is 11.5.